The molecule has 1 aliphatic rings. The van der Waals surface area contributed by atoms with Crippen molar-refractivity contribution in [3.63, 3.8) is 0 Å². The molecule has 3 N–H and O–H groups in total. The number of fused-ring (bicyclic) bond motifs is 3. The average Bonchev–Trinajstić information content (AvgIpc) is 3.31. The van der Waals surface area contributed by atoms with Crippen LogP contribution in [0.2, 0.25) is 0 Å². The number of aliphatic carboxylic acids is 1. The zero-order valence-electron chi connectivity index (χ0n) is 23.2. The van der Waals surface area contributed by atoms with Gasteiger partial charge < -0.3 is 30.0 Å². The number of ether oxygens (including phenoxy) is 3. The van der Waals surface area contributed by atoms with E-state index in [-0.39, 0.29) is 25.6 Å². The number of carbonyl (C=O) groups excluding carboxylic acids is 2. The minimum atomic E-state index is -1.20. The van der Waals surface area contributed by atoms with E-state index in [1.54, 1.807) is 6.92 Å². The normalized spacial score (nSPS) is 14.3. The molecule has 0 saturated carbocycles. The molecule has 2 amide bonds. The van der Waals surface area contributed by atoms with Crippen LogP contribution < -0.4 is 10.6 Å². The lowest BCUT2D eigenvalue weighted by Crippen LogP contribution is -2.56. The molecule has 0 spiro atoms. The lowest BCUT2D eigenvalue weighted by molar-refractivity contribution is -0.143. The van der Waals surface area contributed by atoms with Crippen LogP contribution in [0.4, 0.5) is 4.79 Å². The summed E-state index contributed by atoms with van der Waals surface area (Å²) >= 11 is 0. The highest BCUT2D eigenvalue weighted by Gasteiger charge is 2.33. The number of methoxy groups -OCH3 is 1. The number of hydrogen-bond acceptors (Lipinski definition) is 6. The van der Waals surface area contributed by atoms with Gasteiger partial charge >= 0.3 is 12.1 Å². The summed E-state index contributed by atoms with van der Waals surface area (Å²) in [5, 5.41) is 14.8. The van der Waals surface area contributed by atoms with Gasteiger partial charge in [-0.2, -0.15) is 0 Å². The first-order valence-corrected chi connectivity index (χ1v) is 13.7. The van der Waals surface area contributed by atoms with Gasteiger partial charge in [0.15, 0.2) is 0 Å². The van der Waals surface area contributed by atoms with E-state index in [4.69, 9.17) is 14.2 Å². The Morgan fingerprint density at radius 1 is 0.878 bits per heavy atom. The minimum Gasteiger partial charge on any atom is -0.480 e. The summed E-state index contributed by atoms with van der Waals surface area (Å²) < 4.78 is 16.6. The standard InChI is InChI=1S/C32H36N2O7/c1-21(40-19-22-11-4-3-5-12-22)29(30(35)33-28(31(36)37)17-10-18-39-2)34-32(38)41-20-27-25-15-8-6-13-23(25)24-14-7-9-16-26(24)27/h3-9,11-16,21,27-29H,10,17-20H2,1-2H3,(H,33,35)(H,34,38)(H,36,37). The van der Waals surface area contributed by atoms with Crippen molar-refractivity contribution in [1.29, 1.82) is 0 Å². The second-order valence-electron chi connectivity index (χ2n) is 9.98. The van der Waals surface area contributed by atoms with Gasteiger partial charge in [0.25, 0.3) is 0 Å². The topological polar surface area (TPSA) is 123 Å². The fourth-order valence-corrected chi connectivity index (χ4v) is 5.01. The van der Waals surface area contributed by atoms with Crippen LogP contribution in [0.5, 0.6) is 0 Å². The van der Waals surface area contributed by atoms with Crippen molar-refractivity contribution in [2.45, 2.75) is 50.5 Å². The molecule has 9 nitrogen and oxygen atoms in total. The predicted molar refractivity (Wildman–Crippen MR) is 153 cm³/mol. The van der Waals surface area contributed by atoms with Gasteiger partial charge in [0.1, 0.15) is 18.7 Å². The van der Waals surface area contributed by atoms with Crippen molar-refractivity contribution in [3.05, 3.63) is 95.6 Å². The van der Waals surface area contributed by atoms with Gasteiger partial charge in [-0.05, 0) is 47.6 Å². The third kappa shape index (κ3) is 7.71. The first kappa shape index (κ1) is 29.8. The molecule has 4 rings (SSSR count). The van der Waals surface area contributed by atoms with Gasteiger partial charge in [0.05, 0.1) is 12.7 Å². The Bertz CT molecular complexity index is 1280. The van der Waals surface area contributed by atoms with E-state index in [2.05, 4.69) is 10.6 Å². The van der Waals surface area contributed by atoms with Crippen LogP contribution in [0.3, 0.4) is 0 Å². The second-order valence-corrected chi connectivity index (χ2v) is 9.98. The van der Waals surface area contributed by atoms with Gasteiger partial charge in [-0.25, -0.2) is 9.59 Å². The highest BCUT2D eigenvalue weighted by molar-refractivity contribution is 5.89. The van der Waals surface area contributed by atoms with Crippen LogP contribution in [0, 0.1) is 0 Å². The zero-order valence-corrected chi connectivity index (χ0v) is 23.2. The van der Waals surface area contributed by atoms with Crippen molar-refractivity contribution < 1.29 is 33.7 Å². The van der Waals surface area contributed by atoms with E-state index < -0.39 is 36.2 Å². The van der Waals surface area contributed by atoms with E-state index in [0.717, 1.165) is 27.8 Å². The number of carbonyl (C=O) groups is 3. The SMILES string of the molecule is COCCCC(NC(=O)C(NC(=O)OCC1c2ccccc2-c2ccccc21)C(C)OCc1ccccc1)C(=O)O. The summed E-state index contributed by atoms with van der Waals surface area (Å²) in [5.74, 6) is -2.00. The molecule has 3 atom stereocenters. The maximum Gasteiger partial charge on any atom is 0.407 e. The first-order chi connectivity index (χ1) is 19.9. The predicted octanol–water partition coefficient (Wildman–Crippen LogP) is 4.50. The second kappa shape index (κ2) is 14.4. The van der Waals surface area contributed by atoms with Crippen LogP contribution in [-0.4, -0.2) is 61.6 Å². The summed E-state index contributed by atoms with van der Waals surface area (Å²) in [5.41, 5.74) is 5.23. The molecule has 3 unspecified atom stereocenters. The Morgan fingerprint density at radius 3 is 2.10 bits per heavy atom. The molecule has 41 heavy (non-hydrogen) atoms. The molecule has 0 radical (unpaired) electrons. The third-order valence-corrected chi connectivity index (χ3v) is 7.18. The van der Waals surface area contributed by atoms with Gasteiger partial charge in [0, 0.05) is 19.6 Å². The van der Waals surface area contributed by atoms with Crippen LogP contribution in [-0.2, 0) is 30.4 Å². The van der Waals surface area contributed by atoms with Crippen molar-refractivity contribution in [1.82, 2.24) is 10.6 Å². The van der Waals surface area contributed by atoms with Gasteiger partial charge in [-0.15, -0.1) is 0 Å². The molecule has 0 aromatic heterocycles. The molecule has 0 saturated heterocycles. The van der Waals surface area contributed by atoms with Crippen molar-refractivity contribution in [3.8, 4) is 11.1 Å². The van der Waals surface area contributed by atoms with E-state index in [0.29, 0.717) is 13.0 Å². The molecule has 9 heteroatoms. The van der Waals surface area contributed by atoms with Gasteiger partial charge in [-0.3, -0.25) is 4.79 Å². The quantitative estimate of drug-likeness (QED) is 0.248. The van der Waals surface area contributed by atoms with Crippen LogP contribution >= 0.6 is 0 Å². The zero-order chi connectivity index (χ0) is 29.2. The summed E-state index contributed by atoms with van der Waals surface area (Å²) in [6, 6.07) is 23.1. The summed E-state index contributed by atoms with van der Waals surface area (Å²) in [7, 11) is 1.52. The molecule has 0 fully saturated rings. The van der Waals surface area contributed by atoms with E-state index in [1.807, 2.05) is 78.9 Å². The molecule has 0 bridgehead atoms. The largest absolute Gasteiger partial charge is 0.480 e. The number of carboxylic acid groups (broad SMARTS) is 1. The minimum absolute atomic E-state index is 0.0716. The molecule has 0 aliphatic heterocycles. The van der Waals surface area contributed by atoms with Crippen molar-refractivity contribution in [2.24, 2.45) is 0 Å². The fourth-order valence-electron chi connectivity index (χ4n) is 5.01. The Kier molecular flexibility index (Phi) is 10.5. The number of amides is 2. The highest BCUT2D eigenvalue weighted by Crippen LogP contribution is 2.44. The molecule has 216 valence electrons. The number of carboxylic acids is 1. The molecular formula is C32H36N2O7. The lowest BCUT2D eigenvalue weighted by atomic mass is 9.98. The van der Waals surface area contributed by atoms with Crippen LogP contribution in [0.25, 0.3) is 11.1 Å². The number of hydrogen-bond donors (Lipinski definition) is 3. The molecule has 3 aromatic carbocycles. The van der Waals surface area contributed by atoms with E-state index >= 15 is 0 Å². The number of alkyl carbamates (subject to hydrolysis) is 1. The molecule has 1 aliphatic carbocycles. The number of rotatable bonds is 14. The highest BCUT2D eigenvalue weighted by atomic mass is 16.5. The van der Waals surface area contributed by atoms with E-state index in [9.17, 15) is 19.5 Å². The lowest BCUT2D eigenvalue weighted by Gasteiger charge is -2.26. The Morgan fingerprint density at radius 2 is 1.49 bits per heavy atom. The van der Waals surface area contributed by atoms with Gasteiger partial charge in [-0.1, -0.05) is 78.9 Å². The first-order valence-electron chi connectivity index (χ1n) is 13.7. The van der Waals surface area contributed by atoms with Crippen molar-refractivity contribution >= 4 is 18.0 Å². The average molecular weight is 561 g/mol. The van der Waals surface area contributed by atoms with Crippen LogP contribution in [0.15, 0.2) is 78.9 Å². The van der Waals surface area contributed by atoms with Gasteiger partial charge in [0.2, 0.25) is 5.91 Å². The monoisotopic (exact) mass is 560 g/mol. The summed E-state index contributed by atoms with van der Waals surface area (Å²) in [4.78, 5) is 38.2. The Balaban J connectivity index is 1.44. The molecule has 0 heterocycles. The number of benzene rings is 3. The Labute approximate surface area is 239 Å². The van der Waals surface area contributed by atoms with Crippen molar-refractivity contribution in [2.75, 3.05) is 20.3 Å². The third-order valence-electron chi connectivity index (χ3n) is 7.18. The smallest absolute Gasteiger partial charge is 0.407 e. The molecule has 3 aromatic rings. The summed E-state index contributed by atoms with van der Waals surface area (Å²) in [6.07, 6.45) is -0.970. The fraction of sp³-hybridized carbons (Fsp3) is 0.344. The van der Waals surface area contributed by atoms with Crippen LogP contribution in [0.1, 0.15) is 42.4 Å². The summed E-state index contributed by atoms with van der Waals surface area (Å²) in [6.45, 7) is 2.28. The maximum absolute atomic E-state index is 13.3. The Hall–Kier alpha value is -4.21. The number of nitrogens with one attached hydrogen (secondary N) is 2. The van der Waals surface area contributed by atoms with E-state index in [1.165, 1.54) is 7.11 Å². The maximum atomic E-state index is 13.3. The molecular weight excluding hydrogens is 524 g/mol.